The third-order valence-corrected chi connectivity index (χ3v) is 9.54. The van der Waals surface area contributed by atoms with Crippen molar-refractivity contribution < 1.29 is 18.0 Å². The lowest BCUT2D eigenvalue weighted by molar-refractivity contribution is -0.140. The Bertz CT molecular complexity index is 1760. The Morgan fingerprint density at radius 3 is 1.93 bits per heavy atom. The van der Waals surface area contributed by atoms with Crippen LogP contribution in [-0.4, -0.2) is 43.3 Å². The van der Waals surface area contributed by atoms with Crippen LogP contribution in [0.1, 0.15) is 37.5 Å². The summed E-state index contributed by atoms with van der Waals surface area (Å²) in [5.41, 5.74) is 1.92. The fourth-order valence-electron chi connectivity index (χ4n) is 4.84. The quantitative estimate of drug-likeness (QED) is 0.174. The van der Waals surface area contributed by atoms with Crippen molar-refractivity contribution in [2.75, 3.05) is 10.8 Å². The van der Waals surface area contributed by atoms with Gasteiger partial charge in [-0.15, -0.1) is 0 Å². The molecule has 0 fully saturated rings. The normalized spacial score (nSPS) is 12.3. The van der Waals surface area contributed by atoms with Gasteiger partial charge in [0.2, 0.25) is 11.8 Å². The third-order valence-electron chi connectivity index (χ3n) is 7.06. The molecule has 4 aromatic carbocycles. The van der Waals surface area contributed by atoms with Crippen LogP contribution in [0.2, 0.25) is 15.1 Å². The number of halogens is 3. The number of anilines is 1. The van der Waals surface area contributed by atoms with Crippen molar-refractivity contribution in [1.82, 2.24) is 10.2 Å². The molecule has 46 heavy (non-hydrogen) atoms. The molecule has 0 aromatic heterocycles. The number of carbonyl (C=O) groups excluding carboxylic acids is 2. The van der Waals surface area contributed by atoms with Gasteiger partial charge in [0.25, 0.3) is 10.0 Å². The van der Waals surface area contributed by atoms with Gasteiger partial charge in [0.1, 0.15) is 12.6 Å². The van der Waals surface area contributed by atoms with E-state index in [1.54, 1.807) is 36.4 Å². The average molecular weight is 701 g/mol. The lowest BCUT2D eigenvalue weighted by Crippen LogP contribution is -2.56. The van der Waals surface area contributed by atoms with E-state index in [-0.39, 0.29) is 39.5 Å². The van der Waals surface area contributed by atoms with Gasteiger partial charge in [-0.3, -0.25) is 13.9 Å². The first-order valence-corrected chi connectivity index (χ1v) is 17.2. The summed E-state index contributed by atoms with van der Waals surface area (Å²) >= 11 is 18.8. The van der Waals surface area contributed by atoms with E-state index in [4.69, 9.17) is 34.8 Å². The first-order valence-electron chi connectivity index (χ1n) is 14.6. The molecular formula is C35H36Cl3N3O4S. The number of nitrogens with one attached hydrogen (secondary N) is 1. The van der Waals surface area contributed by atoms with Crippen LogP contribution >= 0.6 is 34.8 Å². The second-order valence-corrected chi connectivity index (χ2v) is 15.2. The molecule has 1 atom stereocenters. The lowest BCUT2D eigenvalue weighted by Gasteiger charge is -2.35. The average Bonchev–Trinajstić information content (AvgIpc) is 2.97. The molecule has 242 valence electrons. The number of aryl methyl sites for hydroxylation is 1. The van der Waals surface area contributed by atoms with Crippen LogP contribution in [0.25, 0.3) is 0 Å². The Hall–Kier alpha value is -3.56. The molecule has 7 nitrogen and oxygen atoms in total. The highest BCUT2D eigenvalue weighted by atomic mass is 35.5. The maximum Gasteiger partial charge on any atom is 0.264 e. The van der Waals surface area contributed by atoms with E-state index in [1.807, 2.05) is 58.0 Å². The molecule has 0 aliphatic heterocycles. The predicted molar refractivity (Wildman–Crippen MR) is 186 cm³/mol. The number of hydrogen-bond donors (Lipinski definition) is 1. The molecule has 0 bridgehead atoms. The molecule has 11 heteroatoms. The number of benzene rings is 4. The van der Waals surface area contributed by atoms with Gasteiger partial charge in [-0.2, -0.15) is 0 Å². The van der Waals surface area contributed by atoms with E-state index < -0.39 is 34.1 Å². The van der Waals surface area contributed by atoms with Crippen LogP contribution in [0.3, 0.4) is 0 Å². The number of carbonyl (C=O) groups is 2. The zero-order chi connectivity index (χ0) is 33.6. The summed E-state index contributed by atoms with van der Waals surface area (Å²) in [4.78, 5) is 29.9. The summed E-state index contributed by atoms with van der Waals surface area (Å²) in [6.07, 6.45) is 0.190. The third kappa shape index (κ3) is 9.48. The molecule has 0 aliphatic rings. The molecule has 0 radical (unpaired) electrons. The van der Waals surface area contributed by atoms with Gasteiger partial charge < -0.3 is 10.2 Å². The van der Waals surface area contributed by atoms with E-state index in [1.165, 1.54) is 35.2 Å². The highest BCUT2D eigenvalue weighted by molar-refractivity contribution is 7.92. The Morgan fingerprint density at radius 1 is 0.783 bits per heavy atom. The minimum Gasteiger partial charge on any atom is -0.350 e. The van der Waals surface area contributed by atoms with Crippen molar-refractivity contribution in [3.05, 3.63) is 129 Å². The Labute approximate surface area is 286 Å². The summed E-state index contributed by atoms with van der Waals surface area (Å²) < 4.78 is 29.3. The van der Waals surface area contributed by atoms with Crippen LogP contribution in [0.15, 0.2) is 102 Å². The van der Waals surface area contributed by atoms with Crippen molar-refractivity contribution in [3.8, 4) is 0 Å². The van der Waals surface area contributed by atoms with E-state index >= 15 is 0 Å². The fourth-order valence-corrected chi connectivity index (χ4v) is 6.88. The second kappa shape index (κ2) is 14.9. The van der Waals surface area contributed by atoms with Crippen molar-refractivity contribution in [2.45, 2.75) is 57.1 Å². The van der Waals surface area contributed by atoms with Gasteiger partial charge in [-0.1, -0.05) is 95.0 Å². The molecular weight excluding hydrogens is 665 g/mol. The van der Waals surface area contributed by atoms with Crippen LogP contribution < -0.4 is 9.62 Å². The zero-order valence-electron chi connectivity index (χ0n) is 26.0. The van der Waals surface area contributed by atoms with Gasteiger partial charge in [-0.25, -0.2) is 8.42 Å². The molecule has 0 saturated heterocycles. The van der Waals surface area contributed by atoms with Crippen molar-refractivity contribution in [2.24, 2.45) is 0 Å². The Morgan fingerprint density at radius 2 is 1.37 bits per heavy atom. The topological polar surface area (TPSA) is 86.8 Å². The Kier molecular flexibility index (Phi) is 11.4. The van der Waals surface area contributed by atoms with Gasteiger partial charge in [0.05, 0.1) is 10.6 Å². The van der Waals surface area contributed by atoms with Gasteiger partial charge in [-0.05, 0) is 81.3 Å². The molecule has 0 aliphatic carbocycles. The highest BCUT2D eigenvalue weighted by Crippen LogP contribution is 2.30. The predicted octanol–water partition coefficient (Wildman–Crippen LogP) is 7.71. The first kappa shape index (κ1) is 35.3. The standard InChI is InChI=1S/C35H36Cl3N3O4S/c1-24-10-16-31(17-11-24)46(44,45)41(30-20-28(37)19-29(38)21-30)23-33(42)40(22-26-12-14-27(36)15-13-26)32(34(43)39-35(2,3)4)18-25-8-6-5-7-9-25/h5-17,19-21,32H,18,22-23H2,1-4H3,(H,39,43). The smallest absolute Gasteiger partial charge is 0.264 e. The van der Waals surface area contributed by atoms with Gasteiger partial charge in [0.15, 0.2) is 0 Å². The van der Waals surface area contributed by atoms with E-state index in [0.29, 0.717) is 10.6 Å². The van der Waals surface area contributed by atoms with Crippen molar-refractivity contribution in [3.63, 3.8) is 0 Å². The maximum absolute atomic E-state index is 14.5. The van der Waals surface area contributed by atoms with E-state index in [9.17, 15) is 18.0 Å². The zero-order valence-corrected chi connectivity index (χ0v) is 29.1. The fraction of sp³-hybridized carbons (Fsp3) is 0.257. The first-order chi connectivity index (χ1) is 21.6. The van der Waals surface area contributed by atoms with E-state index in [0.717, 1.165) is 15.4 Å². The number of nitrogens with zero attached hydrogens (tertiary/aromatic N) is 2. The SMILES string of the molecule is Cc1ccc(S(=O)(=O)N(CC(=O)N(Cc2ccc(Cl)cc2)C(Cc2ccccc2)C(=O)NC(C)(C)C)c2cc(Cl)cc(Cl)c2)cc1. The molecule has 1 N–H and O–H groups in total. The maximum atomic E-state index is 14.5. The summed E-state index contributed by atoms with van der Waals surface area (Å²) in [7, 11) is -4.29. The molecule has 1 unspecified atom stereocenters. The molecule has 4 rings (SSSR count). The number of hydrogen-bond acceptors (Lipinski definition) is 4. The monoisotopic (exact) mass is 699 g/mol. The largest absolute Gasteiger partial charge is 0.350 e. The number of sulfonamides is 1. The number of rotatable bonds is 11. The van der Waals surface area contributed by atoms with Gasteiger partial charge >= 0.3 is 0 Å². The van der Waals surface area contributed by atoms with Crippen molar-refractivity contribution >= 4 is 62.3 Å². The molecule has 0 saturated carbocycles. The summed E-state index contributed by atoms with van der Waals surface area (Å²) in [6, 6.07) is 25.9. The molecule has 4 aromatic rings. The summed E-state index contributed by atoms with van der Waals surface area (Å²) in [5, 5.41) is 3.92. The minimum absolute atomic E-state index is 0.0137. The molecule has 0 heterocycles. The number of amides is 2. The lowest BCUT2D eigenvalue weighted by atomic mass is 10.0. The molecule has 2 amide bonds. The Balaban J connectivity index is 1.84. The van der Waals surface area contributed by atoms with Crippen molar-refractivity contribution in [1.29, 1.82) is 0 Å². The molecule has 0 spiro atoms. The minimum atomic E-state index is -4.29. The van der Waals surface area contributed by atoms with Gasteiger partial charge in [0, 0.05) is 33.6 Å². The summed E-state index contributed by atoms with van der Waals surface area (Å²) in [6.45, 7) is 6.80. The highest BCUT2D eigenvalue weighted by Gasteiger charge is 2.35. The second-order valence-electron chi connectivity index (χ2n) is 12.0. The van der Waals surface area contributed by atoms with Crippen LogP contribution in [0, 0.1) is 6.92 Å². The van der Waals surface area contributed by atoms with E-state index in [2.05, 4.69) is 5.32 Å². The summed E-state index contributed by atoms with van der Waals surface area (Å²) in [5.74, 6) is -0.982. The van der Waals surface area contributed by atoms with Crippen LogP contribution in [0.5, 0.6) is 0 Å². The van der Waals surface area contributed by atoms with Crippen LogP contribution in [-0.2, 0) is 32.6 Å². The van der Waals surface area contributed by atoms with Crippen LogP contribution in [0.4, 0.5) is 5.69 Å².